The van der Waals surface area contributed by atoms with E-state index >= 15 is 0 Å². The van der Waals surface area contributed by atoms with Crippen LogP contribution in [0, 0.1) is 0 Å². The van der Waals surface area contributed by atoms with Crippen LogP contribution in [0.15, 0.2) is 38.5 Å². The van der Waals surface area contributed by atoms with E-state index in [4.69, 9.17) is 10.6 Å². The van der Waals surface area contributed by atoms with Crippen LogP contribution in [0.4, 0.5) is 0 Å². The smallest absolute Gasteiger partial charge is 0.357 e. The molecule has 1 atom stereocenters. The highest BCUT2D eigenvalue weighted by atomic mass is 79.9. The van der Waals surface area contributed by atoms with Gasteiger partial charge in [-0.2, -0.15) is 11.8 Å². The zero-order valence-corrected chi connectivity index (χ0v) is 20.5. The molecule has 162 valence electrons. The molecule has 3 N–H and O–H groups in total. The molecule has 0 saturated heterocycles. The van der Waals surface area contributed by atoms with Crippen LogP contribution in [0.5, 0.6) is 0 Å². The zero-order chi connectivity index (χ0) is 21.9. The number of hydrogen-bond acceptors (Lipinski definition) is 9. The summed E-state index contributed by atoms with van der Waals surface area (Å²) in [7, 11) is 0. The summed E-state index contributed by atoms with van der Waals surface area (Å²) in [5.74, 6) is 0.398. The van der Waals surface area contributed by atoms with Crippen LogP contribution < -0.4 is 11.1 Å². The molecule has 2 rings (SSSR count). The number of nitrogens with one attached hydrogen (secondary N) is 1. The molecular formula is C18H22BrN5O3S3. The van der Waals surface area contributed by atoms with Crippen LogP contribution in [0.1, 0.15) is 35.1 Å². The number of carbonyl (C=O) groups excluding carboxylic acids is 2. The Kier molecular flexibility index (Phi) is 10.6. The third-order valence-electron chi connectivity index (χ3n) is 3.58. The van der Waals surface area contributed by atoms with E-state index in [9.17, 15) is 9.59 Å². The molecule has 8 nitrogen and oxygen atoms in total. The molecule has 2 heterocycles. The predicted octanol–water partition coefficient (Wildman–Crippen LogP) is 3.52. The fourth-order valence-corrected chi connectivity index (χ4v) is 4.24. The molecule has 30 heavy (non-hydrogen) atoms. The molecule has 0 aliphatic rings. The Morgan fingerprint density at radius 3 is 2.90 bits per heavy atom. The van der Waals surface area contributed by atoms with Gasteiger partial charge in [-0.05, 0) is 52.2 Å². The van der Waals surface area contributed by atoms with Gasteiger partial charge in [0.2, 0.25) is 0 Å². The maximum absolute atomic E-state index is 12.8. The van der Waals surface area contributed by atoms with Gasteiger partial charge in [0.25, 0.3) is 5.91 Å². The number of thioether (sulfide) groups is 2. The second kappa shape index (κ2) is 12.9. The van der Waals surface area contributed by atoms with Crippen LogP contribution in [0.2, 0.25) is 0 Å². The van der Waals surface area contributed by atoms with Crippen LogP contribution in [0.3, 0.4) is 0 Å². The van der Waals surface area contributed by atoms with E-state index in [1.54, 1.807) is 17.8 Å². The first-order valence-electron chi connectivity index (χ1n) is 8.99. The number of amidine groups is 1. The molecule has 2 aromatic heterocycles. The van der Waals surface area contributed by atoms with Gasteiger partial charge < -0.3 is 15.9 Å². The van der Waals surface area contributed by atoms with Gasteiger partial charge in [0, 0.05) is 11.9 Å². The van der Waals surface area contributed by atoms with Crippen LogP contribution in [-0.4, -0.2) is 51.5 Å². The minimum Gasteiger partial charge on any atom is -0.380 e. The molecule has 12 heteroatoms. The minimum atomic E-state index is -0.890. The number of halogens is 1. The lowest BCUT2D eigenvalue weighted by atomic mass is 10.2. The first kappa shape index (κ1) is 24.6. The summed E-state index contributed by atoms with van der Waals surface area (Å²) in [4.78, 5) is 39.5. The molecule has 0 aromatic carbocycles. The quantitative estimate of drug-likeness (QED) is 0.113. The van der Waals surface area contributed by atoms with Crippen molar-refractivity contribution >= 4 is 68.5 Å². The van der Waals surface area contributed by atoms with Crippen molar-refractivity contribution in [1.29, 1.82) is 0 Å². The van der Waals surface area contributed by atoms with Gasteiger partial charge in [0.05, 0.1) is 9.35 Å². The molecule has 1 unspecified atom stereocenters. The molecule has 0 fully saturated rings. The number of carbonyl (C=O) groups is 2. The van der Waals surface area contributed by atoms with Crippen molar-refractivity contribution in [1.82, 2.24) is 15.3 Å². The normalized spacial score (nSPS) is 12.4. The lowest BCUT2D eigenvalue weighted by molar-refractivity contribution is -0.146. The third kappa shape index (κ3) is 7.56. The highest BCUT2D eigenvalue weighted by molar-refractivity contribution is 9.10. The first-order chi connectivity index (χ1) is 14.5. The number of nitrogens with zero attached hydrogens (tertiary/aromatic N) is 3. The minimum absolute atomic E-state index is 0.101. The Labute approximate surface area is 196 Å². The number of nitrogens with two attached hydrogens (primary N) is 1. The van der Waals surface area contributed by atoms with E-state index in [1.165, 1.54) is 29.3 Å². The van der Waals surface area contributed by atoms with Gasteiger partial charge in [-0.25, -0.2) is 14.8 Å². The molecule has 1 amide bonds. The van der Waals surface area contributed by atoms with Crippen molar-refractivity contribution in [3.8, 4) is 0 Å². The lowest BCUT2D eigenvalue weighted by Gasteiger charge is -2.16. The zero-order valence-electron chi connectivity index (χ0n) is 16.5. The molecule has 0 aliphatic heterocycles. The summed E-state index contributed by atoms with van der Waals surface area (Å²) in [6.45, 7) is 2.05. The number of oxime groups is 1. The summed E-state index contributed by atoms with van der Waals surface area (Å²) in [5, 5.41) is 8.73. The second-order valence-electron chi connectivity index (χ2n) is 5.87. The Balaban J connectivity index is 2.10. The van der Waals surface area contributed by atoms with E-state index in [2.05, 4.69) is 43.3 Å². The molecule has 2 aromatic rings. The number of amides is 1. The van der Waals surface area contributed by atoms with Crippen molar-refractivity contribution < 1.29 is 14.4 Å². The second-order valence-corrected chi connectivity index (χ2v) is 9.72. The molecule has 0 spiro atoms. The van der Waals surface area contributed by atoms with Crippen LogP contribution in [-0.2, 0) is 9.63 Å². The topological polar surface area (TPSA) is 120 Å². The molecule has 0 aliphatic carbocycles. The Morgan fingerprint density at radius 2 is 2.23 bits per heavy atom. The fourth-order valence-electron chi connectivity index (χ4n) is 2.11. The summed E-state index contributed by atoms with van der Waals surface area (Å²) < 4.78 is 0.442. The summed E-state index contributed by atoms with van der Waals surface area (Å²) in [5.41, 5.74) is 5.98. The van der Waals surface area contributed by atoms with E-state index in [1.807, 2.05) is 17.7 Å². The average Bonchev–Trinajstić information content (AvgIpc) is 3.29. The Morgan fingerprint density at radius 1 is 1.43 bits per heavy atom. The molecule has 0 bridgehead atoms. The highest BCUT2D eigenvalue weighted by Gasteiger charge is 2.25. The average molecular weight is 533 g/mol. The lowest BCUT2D eigenvalue weighted by Crippen LogP contribution is -2.42. The van der Waals surface area contributed by atoms with E-state index in [-0.39, 0.29) is 11.5 Å². The van der Waals surface area contributed by atoms with E-state index in [0.717, 1.165) is 12.2 Å². The Hall–Kier alpha value is -1.63. The van der Waals surface area contributed by atoms with Crippen molar-refractivity contribution in [3.63, 3.8) is 0 Å². The maximum Gasteiger partial charge on any atom is 0.357 e. The van der Waals surface area contributed by atoms with Gasteiger partial charge in [-0.3, -0.25) is 4.79 Å². The largest absolute Gasteiger partial charge is 0.380 e. The van der Waals surface area contributed by atoms with Crippen molar-refractivity contribution in [3.05, 3.63) is 38.8 Å². The molecular weight excluding hydrogens is 510 g/mol. The van der Waals surface area contributed by atoms with Gasteiger partial charge in [-0.15, -0.1) is 11.3 Å². The Bertz CT molecular complexity index is 880. The SMILES string of the molecule is CCCSc1ncc(Br)c(C(=O)NC(CCSC)C(=O)O/N=C(\N)c2cccs2)n1. The number of hydrogen-bond donors (Lipinski definition) is 2. The van der Waals surface area contributed by atoms with Crippen LogP contribution >= 0.6 is 50.8 Å². The van der Waals surface area contributed by atoms with E-state index in [0.29, 0.717) is 26.7 Å². The van der Waals surface area contributed by atoms with Gasteiger partial charge >= 0.3 is 5.97 Å². The molecule has 0 radical (unpaired) electrons. The highest BCUT2D eigenvalue weighted by Crippen LogP contribution is 2.19. The monoisotopic (exact) mass is 531 g/mol. The summed E-state index contributed by atoms with van der Waals surface area (Å²) in [6, 6.07) is 2.70. The summed E-state index contributed by atoms with van der Waals surface area (Å²) >= 11 is 7.69. The van der Waals surface area contributed by atoms with Crippen molar-refractivity contribution in [2.45, 2.75) is 31.0 Å². The third-order valence-corrected chi connectivity index (χ3v) is 6.76. The summed E-state index contributed by atoms with van der Waals surface area (Å²) in [6.07, 6.45) is 4.78. The standard InChI is InChI=1S/C18H22BrN5O3S3/c1-3-7-30-18-21-10-11(19)14(23-18)16(25)22-12(6-9-28-2)17(26)27-24-15(20)13-5-4-8-29-13/h4-5,8,10,12H,3,6-7,9H2,1-2H3,(H2,20,24)(H,22,25). The van der Waals surface area contributed by atoms with Crippen molar-refractivity contribution in [2.75, 3.05) is 17.8 Å². The van der Waals surface area contributed by atoms with E-state index < -0.39 is 17.9 Å². The van der Waals surface area contributed by atoms with Crippen LogP contribution in [0.25, 0.3) is 0 Å². The van der Waals surface area contributed by atoms with Gasteiger partial charge in [0.15, 0.2) is 11.0 Å². The number of aromatic nitrogens is 2. The number of rotatable bonds is 11. The fraction of sp³-hybridized carbons (Fsp3) is 0.389. The van der Waals surface area contributed by atoms with Gasteiger partial charge in [0.1, 0.15) is 11.7 Å². The number of thiophene rings is 1. The maximum atomic E-state index is 12.8. The molecule has 0 saturated carbocycles. The predicted molar refractivity (Wildman–Crippen MR) is 126 cm³/mol. The first-order valence-corrected chi connectivity index (χ1v) is 13.0. The van der Waals surface area contributed by atoms with Gasteiger partial charge in [-0.1, -0.05) is 29.9 Å². The van der Waals surface area contributed by atoms with Crippen molar-refractivity contribution in [2.24, 2.45) is 10.9 Å².